The zero-order chi connectivity index (χ0) is 18.6. The molecular formula is C19H26ClN3O3. The molecule has 26 heavy (non-hydrogen) atoms. The van der Waals surface area contributed by atoms with Crippen molar-refractivity contribution in [2.75, 3.05) is 13.2 Å². The number of hydrogen-bond acceptors (Lipinski definition) is 5. The fraction of sp³-hybridized carbons (Fsp3) is 0.579. The van der Waals surface area contributed by atoms with Gasteiger partial charge in [-0.15, -0.1) is 0 Å². The highest BCUT2D eigenvalue weighted by atomic mass is 35.5. The second kappa shape index (κ2) is 7.94. The molecule has 1 aromatic carbocycles. The molecule has 1 fully saturated rings. The molecule has 2 heterocycles. The third-order valence-corrected chi connectivity index (χ3v) is 5.00. The van der Waals surface area contributed by atoms with Gasteiger partial charge in [0.25, 0.3) is 0 Å². The van der Waals surface area contributed by atoms with E-state index in [-0.39, 0.29) is 6.10 Å². The van der Waals surface area contributed by atoms with Crippen molar-refractivity contribution in [1.29, 1.82) is 0 Å². The molecule has 0 aliphatic carbocycles. The summed E-state index contributed by atoms with van der Waals surface area (Å²) < 4.78 is 20.4. The molecule has 3 rings (SSSR count). The molecule has 1 aliphatic heterocycles. The Balaban J connectivity index is 1.76. The molecule has 2 aromatic rings. The Hall–Kier alpha value is -1.63. The molecular weight excluding hydrogens is 354 g/mol. The van der Waals surface area contributed by atoms with E-state index in [1.54, 1.807) is 11.0 Å². The van der Waals surface area contributed by atoms with E-state index < -0.39 is 11.2 Å². The summed E-state index contributed by atoms with van der Waals surface area (Å²) in [5.74, 6) is -0.0612. The van der Waals surface area contributed by atoms with Crippen molar-refractivity contribution in [2.45, 2.75) is 52.0 Å². The van der Waals surface area contributed by atoms with Crippen LogP contribution in [-0.2, 0) is 16.0 Å². The van der Waals surface area contributed by atoms with Crippen LogP contribution in [0.25, 0.3) is 0 Å². The first-order chi connectivity index (χ1) is 12.4. The molecule has 2 unspecified atom stereocenters. The van der Waals surface area contributed by atoms with Gasteiger partial charge in [0.15, 0.2) is 5.79 Å². The van der Waals surface area contributed by atoms with Crippen LogP contribution in [0, 0.1) is 5.41 Å². The summed E-state index contributed by atoms with van der Waals surface area (Å²) in [4.78, 5) is 4.03. The fourth-order valence-electron chi connectivity index (χ4n) is 3.11. The molecule has 0 amide bonds. The summed E-state index contributed by atoms with van der Waals surface area (Å²) in [6.45, 7) is 7.80. The highest BCUT2D eigenvalue weighted by Crippen LogP contribution is 2.42. The van der Waals surface area contributed by atoms with Crippen LogP contribution in [0.5, 0.6) is 5.75 Å². The Bertz CT molecular complexity index is 691. The van der Waals surface area contributed by atoms with Crippen LogP contribution in [-0.4, -0.2) is 39.9 Å². The molecule has 1 aliphatic rings. The number of halogens is 1. The largest absolute Gasteiger partial charge is 0.493 e. The molecule has 1 saturated heterocycles. The normalized spacial score (nSPS) is 23.3. The minimum absolute atomic E-state index is 0.0818. The maximum atomic E-state index is 6.42. The lowest BCUT2D eigenvalue weighted by molar-refractivity contribution is -0.252. The number of ether oxygens (including phenoxy) is 3. The summed E-state index contributed by atoms with van der Waals surface area (Å²) in [6, 6.07) is 7.35. The van der Waals surface area contributed by atoms with Gasteiger partial charge in [0.05, 0.1) is 31.3 Å². The van der Waals surface area contributed by atoms with Crippen LogP contribution < -0.4 is 4.74 Å². The summed E-state index contributed by atoms with van der Waals surface area (Å²) in [6.07, 6.45) is 5.29. The summed E-state index contributed by atoms with van der Waals surface area (Å²) in [5, 5.41) is 4.91. The average Bonchev–Trinajstić information content (AvgIpc) is 3.26. The molecule has 1 aromatic heterocycles. The summed E-state index contributed by atoms with van der Waals surface area (Å²) in [5.41, 5.74) is -0.416. The molecule has 142 valence electrons. The van der Waals surface area contributed by atoms with Crippen LogP contribution in [0.4, 0.5) is 0 Å². The van der Waals surface area contributed by atoms with Crippen molar-refractivity contribution in [1.82, 2.24) is 14.8 Å². The first kappa shape index (κ1) is 19.1. The third kappa shape index (κ3) is 4.19. The predicted molar refractivity (Wildman–Crippen MR) is 99.2 cm³/mol. The standard InChI is InChI=1S/C19H26ClN3O3/c1-4-5-17-10-25-19(26-17,11-23-14-21-13-22-23)18(2,3)12-24-16-8-6-15(20)7-9-16/h6-9,13-14,17H,4-5,10-12H2,1-3H3. The van der Waals surface area contributed by atoms with Crippen LogP contribution in [0.15, 0.2) is 36.9 Å². The maximum absolute atomic E-state index is 6.42. The van der Waals surface area contributed by atoms with Crippen LogP contribution in [0.1, 0.15) is 33.6 Å². The van der Waals surface area contributed by atoms with E-state index in [1.165, 1.54) is 6.33 Å². The topological polar surface area (TPSA) is 58.4 Å². The molecule has 0 radical (unpaired) electrons. The van der Waals surface area contributed by atoms with Crippen molar-refractivity contribution >= 4 is 11.6 Å². The molecule has 6 nitrogen and oxygen atoms in total. The van der Waals surface area contributed by atoms with Gasteiger partial charge in [-0.1, -0.05) is 38.8 Å². The van der Waals surface area contributed by atoms with Gasteiger partial charge < -0.3 is 14.2 Å². The average molecular weight is 380 g/mol. The number of aromatic nitrogens is 3. The van der Waals surface area contributed by atoms with Crippen LogP contribution in [0.2, 0.25) is 5.02 Å². The van der Waals surface area contributed by atoms with Crippen molar-refractivity contribution < 1.29 is 14.2 Å². The van der Waals surface area contributed by atoms with E-state index >= 15 is 0 Å². The Morgan fingerprint density at radius 1 is 1.35 bits per heavy atom. The Morgan fingerprint density at radius 2 is 2.12 bits per heavy atom. The van der Waals surface area contributed by atoms with E-state index in [4.69, 9.17) is 25.8 Å². The number of benzene rings is 1. The van der Waals surface area contributed by atoms with Crippen molar-refractivity contribution in [2.24, 2.45) is 5.41 Å². The van der Waals surface area contributed by atoms with E-state index in [9.17, 15) is 0 Å². The first-order valence-corrected chi connectivity index (χ1v) is 9.34. The monoisotopic (exact) mass is 379 g/mol. The van der Waals surface area contributed by atoms with Gasteiger partial charge in [0.2, 0.25) is 0 Å². The van der Waals surface area contributed by atoms with Gasteiger partial charge in [-0.3, -0.25) is 0 Å². The summed E-state index contributed by atoms with van der Waals surface area (Å²) >= 11 is 5.94. The lowest BCUT2D eigenvalue weighted by Crippen LogP contribution is -2.52. The number of rotatable bonds is 8. The van der Waals surface area contributed by atoms with Crippen molar-refractivity contribution in [3.8, 4) is 5.75 Å². The SMILES string of the molecule is CCCC1COC(Cn2cncn2)(C(C)(C)COc2ccc(Cl)cc2)O1. The molecule has 2 atom stereocenters. The molecule has 7 heteroatoms. The number of hydrogen-bond donors (Lipinski definition) is 0. The van der Waals surface area contributed by atoms with Crippen molar-refractivity contribution in [3.63, 3.8) is 0 Å². The van der Waals surface area contributed by atoms with Crippen LogP contribution >= 0.6 is 11.6 Å². The highest BCUT2D eigenvalue weighted by Gasteiger charge is 2.53. The Morgan fingerprint density at radius 3 is 2.77 bits per heavy atom. The fourth-order valence-corrected chi connectivity index (χ4v) is 3.24. The lowest BCUT2D eigenvalue weighted by Gasteiger charge is -2.41. The molecule has 0 N–H and O–H groups in total. The van der Waals surface area contributed by atoms with Gasteiger partial charge in [0.1, 0.15) is 18.4 Å². The highest BCUT2D eigenvalue weighted by molar-refractivity contribution is 6.30. The van der Waals surface area contributed by atoms with E-state index in [0.29, 0.717) is 24.8 Å². The van der Waals surface area contributed by atoms with Gasteiger partial charge in [-0.2, -0.15) is 5.10 Å². The van der Waals surface area contributed by atoms with E-state index in [1.807, 2.05) is 24.3 Å². The second-order valence-corrected chi connectivity index (χ2v) is 7.75. The zero-order valence-electron chi connectivity index (χ0n) is 15.5. The summed E-state index contributed by atoms with van der Waals surface area (Å²) in [7, 11) is 0. The first-order valence-electron chi connectivity index (χ1n) is 8.97. The zero-order valence-corrected chi connectivity index (χ0v) is 16.3. The third-order valence-electron chi connectivity index (χ3n) is 4.75. The molecule has 0 spiro atoms. The van der Waals surface area contributed by atoms with Gasteiger partial charge in [0, 0.05) is 5.02 Å². The smallest absolute Gasteiger partial charge is 0.196 e. The van der Waals surface area contributed by atoms with Crippen molar-refractivity contribution in [3.05, 3.63) is 41.9 Å². The maximum Gasteiger partial charge on any atom is 0.196 e. The molecule has 0 bridgehead atoms. The Kier molecular flexibility index (Phi) is 5.85. The van der Waals surface area contributed by atoms with Crippen LogP contribution in [0.3, 0.4) is 0 Å². The van der Waals surface area contributed by atoms with Gasteiger partial charge in [-0.05, 0) is 30.7 Å². The van der Waals surface area contributed by atoms with E-state index in [0.717, 1.165) is 18.6 Å². The van der Waals surface area contributed by atoms with Gasteiger partial charge >= 0.3 is 0 Å². The van der Waals surface area contributed by atoms with E-state index in [2.05, 4.69) is 30.9 Å². The number of nitrogens with zero attached hydrogens (tertiary/aromatic N) is 3. The minimum Gasteiger partial charge on any atom is -0.493 e. The Labute approximate surface area is 159 Å². The lowest BCUT2D eigenvalue weighted by atomic mass is 9.83. The molecule has 0 saturated carbocycles. The van der Waals surface area contributed by atoms with Gasteiger partial charge in [-0.25, -0.2) is 9.67 Å². The quantitative estimate of drug-likeness (QED) is 0.695. The minimum atomic E-state index is -0.826. The second-order valence-electron chi connectivity index (χ2n) is 7.31. The predicted octanol–water partition coefficient (Wildman–Crippen LogP) is 3.95.